The molecular weight excluding hydrogens is 258 g/mol. The van der Waals surface area contributed by atoms with Crippen LogP contribution in [-0.2, 0) is 0 Å². The van der Waals surface area contributed by atoms with Gasteiger partial charge in [0, 0.05) is 0 Å². The number of hydrogen-bond donors (Lipinski definition) is 0. The summed E-state index contributed by atoms with van der Waals surface area (Å²) in [6.45, 7) is 0. The Hall–Kier alpha value is -1.14. The molecule has 0 fully saturated rings. The van der Waals surface area contributed by atoms with E-state index in [9.17, 15) is 22.9 Å². The first-order chi connectivity index (χ1) is 6.91. The Kier molecular flexibility index (Phi) is 3.31. The zero-order valence-corrected chi connectivity index (χ0v) is 8.17. The number of hydrogen-bond acceptors (Lipinski definition) is 3. The van der Waals surface area contributed by atoms with Crippen molar-refractivity contribution in [3.8, 4) is 0 Å². The summed E-state index contributed by atoms with van der Waals surface area (Å²) in [6.07, 6.45) is 0. The topological polar surface area (TPSA) is 46.5 Å². The van der Waals surface area contributed by atoms with Gasteiger partial charge in [0.25, 0.3) is 5.24 Å². The molecule has 0 atom stereocenters. The molecule has 0 aliphatic carbocycles. The van der Waals surface area contributed by atoms with Gasteiger partial charge in [-0.15, -0.1) is 4.91 Å². The van der Waals surface area contributed by atoms with Gasteiger partial charge in [0.2, 0.25) is 0 Å². The Balaban J connectivity index is 3.78. The van der Waals surface area contributed by atoms with Gasteiger partial charge >= 0.3 is 0 Å². The standard InChI is InChI=1S/C7Cl2F3NO2/c8-2-3(10)1(7(9)14)6(13-15)5(12)4(2)11. The second-order valence-corrected chi connectivity index (χ2v) is 3.07. The fourth-order valence-electron chi connectivity index (χ4n) is 0.885. The van der Waals surface area contributed by atoms with Crippen molar-refractivity contribution in [2.24, 2.45) is 5.18 Å². The van der Waals surface area contributed by atoms with Gasteiger partial charge < -0.3 is 0 Å². The maximum atomic E-state index is 13.1. The van der Waals surface area contributed by atoms with Crippen LogP contribution in [0.5, 0.6) is 0 Å². The van der Waals surface area contributed by atoms with E-state index in [1.54, 1.807) is 0 Å². The first-order valence-corrected chi connectivity index (χ1v) is 4.06. The molecule has 0 saturated carbocycles. The van der Waals surface area contributed by atoms with Gasteiger partial charge in [-0.3, -0.25) is 4.79 Å². The highest BCUT2D eigenvalue weighted by atomic mass is 35.5. The minimum atomic E-state index is -1.82. The van der Waals surface area contributed by atoms with E-state index in [0.717, 1.165) is 0 Å². The van der Waals surface area contributed by atoms with E-state index in [-0.39, 0.29) is 0 Å². The van der Waals surface area contributed by atoms with E-state index in [1.807, 2.05) is 5.18 Å². The maximum Gasteiger partial charge on any atom is 0.257 e. The van der Waals surface area contributed by atoms with Crippen molar-refractivity contribution in [1.82, 2.24) is 0 Å². The third kappa shape index (κ3) is 1.82. The van der Waals surface area contributed by atoms with Crippen LogP contribution in [0, 0.1) is 22.4 Å². The monoisotopic (exact) mass is 257 g/mol. The van der Waals surface area contributed by atoms with Crippen LogP contribution in [0.3, 0.4) is 0 Å². The van der Waals surface area contributed by atoms with Crippen molar-refractivity contribution in [2.75, 3.05) is 0 Å². The summed E-state index contributed by atoms with van der Waals surface area (Å²) in [6, 6.07) is 0. The number of benzene rings is 1. The third-order valence-electron chi connectivity index (χ3n) is 1.53. The highest BCUT2D eigenvalue weighted by Gasteiger charge is 2.28. The fourth-order valence-corrected chi connectivity index (χ4v) is 1.24. The molecule has 0 N–H and O–H groups in total. The number of carbonyl (C=O) groups excluding carboxylic acids is 1. The first-order valence-electron chi connectivity index (χ1n) is 3.31. The molecule has 0 bridgehead atoms. The van der Waals surface area contributed by atoms with Crippen molar-refractivity contribution in [2.45, 2.75) is 0 Å². The number of carbonyl (C=O) groups is 1. The number of halogens is 5. The molecule has 0 amide bonds. The molecule has 1 aromatic rings. The van der Waals surface area contributed by atoms with Crippen LogP contribution < -0.4 is 0 Å². The number of rotatable bonds is 2. The SMILES string of the molecule is O=Nc1c(F)c(F)c(Cl)c(F)c1C(=O)Cl. The molecule has 80 valence electrons. The van der Waals surface area contributed by atoms with Crippen LogP contribution in [0.2, 0.25) is 5.02 Å². The van der Waals surface area contributed by atoms with Gasteiger partial charge in [0.05, 0.1) is 0 Å². The largest absolute Gasteiger partial charge is 0.275 e. The van der Waals surface area contributed by atoms with E-state index in [4.69, 9.17) is 23.2 Å². The quantitative estimate of drug-likeness (QED) is 0.352. The molecule has 1 aromatic carbocycles. The van der Waals surface area contributed by atoms with Gasteiger partial charge in [-0.2, -0.15) is 0 Å². The first kappa shape index (κ1) is 11.9. The summed E-state index contributed by atoms with van der Waals surface area (Å²) in [4.78, 5) is 20.7. The lowest BCUT2D eigenvalue weighted by Gasteiger charge is -2.04. The summed E-state index contributed by atoms with van der Waals surface area (Å²) in [5.41, 5.74) is -2.52. The van der Waals surface area contributed by atoms with E-state index in [1.165, 1.54) is 0 Å². The molecule has 0 saturated heterocycles. The van der Waals surface area contributed by atoms with Crippen LogP contribution >= 0.6 is 23.2 Å². The highest BCUT2D eigenvalue weighted by Crippen LogP contribution is 2.34. The molecule has 0 spiro atoms. The molecule has 0 unspecified atom stereocenters. The van der Waals surface area contributed by atoms with Crippen LogP contribution in [0.25, 0.3) is 0 Å². The minimum absolute atomic E-state index is 1.18. The lowest BCUT2D eigenvalue weighted by Crippen LogP contribution is -2.02. The molecule has 3 nitrogen and oxygen atoms in total. The predicted molar refractivity (Wildman–Crippen MR) is 47.0 cm³/mol. The van der Waals surface area contributed by atoms with Crippen LogP contribution in [0.15, 0.2) is 5.18 Å². The molecular formula is C7Cl2F3NO2. The van der Waals surface area contributed by atoms with Crippen LogP contribution in [-0.4, -0.2) is 5.24 Å². The molecule has 8 heteroatoms. The van der Waals surface area contributed by atoms with Crippen molar-refractivity contribution < 1.29 is 18.0 Å². The van der Waals surface area contributed by atoms with Crippen molar-refractivity contribution in [3.05, 3.63) is 32.9 Å². The normalized spacial score (nSPS) is 10.2. The van der Waals surface area contributed by atoms with Gasteiger partial charge in [-0.25, -0.2) is 13.2 Å². The summed E-state index contributed by atoms with van der Waals surface area (Å²) >= 11 is 9.88. The summed E-state index contributed by atoms with van der Waals surface area (Å²) in [5.74, 6) is -5.24. The highest BCUT2D eigenvalue weighted by molar-refractivity contribution is 6.68. The average Bonchev–Trinajstić information content (AvgIpc) is 2.19. The van der Waals surface area contributed by atoms with E-state index < -0.39 is 39.0 Å². The minimum Gasteiger partial charge on any atom is -0.275 e. The lowest BCUT2D eigenvalue weighted by atomic mass is 10.1. The van der Waals surface area contributed by atoms with Gasteiger partial charge in [0.15, 0.2) is 23.1 Å². The zero-order valence-electron chi connectivity index (χ0n) is 6.65. The lowest BCUT2D eigenvalue weighted by molar-refractivity contribution is 0.107. The molecule has 1 rings (SSSR count). The van der Waals surface area contributed by atoms with Crippen LogP contribution in [0.4, 0.5) is 18.9 Å². The second kappa shape index (κ2) is 4.16. The molecule has 0 aliphatic rings. The summed E-state index contributed by atoms with van der Waals surface area (Å²) < 4.78 is 38.8. The molecule has 15 heavy (non-hydrogen) atoms. The number of nitrogens with zero attached hydrogens (tertiary/aromatic N) is 1. The fraction of sp³-hybridized carbons (Fsp3) is 0. The molecule has 0 heterocycles. The smallest absolute Gasteiger partial charge is 0.257 e. The molecule has 0 aromatic heterocycles. The van der Waals surface area contributed by atoms with E-state index >= 15 is 0 Å². The Labute approximate surface area is 90.8 Å². The predicted octanol–water partition coefficient (Wildman–Crippen LogP) is 3.53. The third-order valence-corrected chi connectivity index (χ3v) is 2.05. The van der Waals surface area contributed by atoms with E-state index in [0.29, 0.717) is 0 Å². The Morgan fingerprint density at radius 2 is 1.67 bits per heavy atom. The maximum absolute atomic E-state index is 13.1. The summed E-state index contributed by atoms with van der Waals surface area (Å²) in [5, 5.41) is -0.772. The average molecular weight is 258 g/mol. The van der Waals surface area contributed by atoms with Crippen molar-refractivity contribution >= 4 is 34.1 Å². The number of nitroso groups, excluding NO2 is 1. The van der Waals surface area contributed by atoms with Gasteiger partial charge in [0.1, 0.15) is 10.6 Å². The summed E-state index contributed by atoms with van der Waals surface area (Å²) in [7, 11) is 0. The Morgan fingerprint density at radius 3 is 2.07 bits per heavy atom. The van der Waals surface area contributed by atoms with E-state index in [2.05, 4.69) is 0 Å². The Bertz CT molecular complexity index is 464. The van der Waals surface area contributed by atoms with Crippen molar-refractivity contribution in [1.29, 1.82) is 0 Å². The van der Waals surface area contributed by atoms with Crippen LogP contribution in [0.1, 0.15) is 10.4 Å². The molecule has 0 radical (unpaired) electrons. The zero-order chi connectivity index (χ0) is 11.7. The second-order valence-electron chi connectivity index (χ2n) is 2.34. The molecule has 0 aliphatic heterocycles. The van der Waals surface area contributed by atoms with Crippen molar-refractivity contribution in [3.63, 3.8) is 0 Å². The Morgan fingerprint density at radius 1 is 1.13 bits per heavy atom. The van der Waals surface area contributed by atoms with Gasteiger partial charge in [-0.1, -0.05) is 11.6 Å². The van der Waals surface area contributed by atoms with Gasteiger partial charge in [-0.05, 0) is 16.8 Å².